The molecule has 0 radical (unpaired) electrons. The Bertz CT molecular complexity index is 624. The van der Waals surface area contributed by atoms with Gasteiger partial charge in [0.1, 0.15) is 0 Å². The standard InChI is InChI=1S/C17H18N2O3/c1-22-12-11-18-16(20)13-7-9-14(10-8-13)17(21)19-15-5-3-2-4-6-15/h2-10H,11-12H2,1H3,(H,18,20)(H,19,21). The number of rotatable bonds is 6. The van der Waals surface area contributed by atoms with Gasteiger partial charge in [-0.25, -0.2) is 0 Å². The van der Waals surface area contributed by atoms with Gasteiger partial charge in [0.25, 0.3) is 11.8 Å². The van der Waals surface area contributed by atoms with E-state index in [9.17, 15) is 9.59 Å². The number of carbonyl (C=O) groups is 2. The van der Waals surface area contributed by atoms with E-state index in [1.807, 2.05) is 30.3 Å². The molecule has 0 aliphatic carbocycles. The molecule has 0 spiro atoms. The topological polar surface area (TPSA) is 67.4 Å². The zero-order chi connectivity index (χ0) is 15.8. The Labute approximate surface area is 129 Å². The first-order chi connectivity index (χ1) is 10.7. The number of amides is 2. The number of benzene rings is 2. The molecule has 0 bridgehead atoms. The van der Waals surface area contributed by atoms with E-state index >= 15 is 0 Å². The van der Waals surface area contributed by atoms with E-state index in [4.69, 9.17) is 4.74 Å². The minimum absolute atomic E-state index is 0.188. The smallest absolute Gasteiger partial charge is 0.255 e. The van der Waals surface area contributed by atoms with Crippen molar-refractivity contribution in [1.82, 2.24) is 5.32 Å². The molecule has 0 atom stereocenters. The molecule has 0 heterocycles. The zero-order valence-corrected chi connectivity index (χ0v) is 12.3. The maximum Gasteiger partial charge on any atom is 0.255 e. The quantitative estimate of drug-likeness (QED) is 0.804. The first-order valence-corrected chi connectivity index (χ1v) is 6.94. The van der Waals surface area contributed by atoms with Gasteiger partial charge in [-0.1, -0.05) is 18.2 Å². The first kappa shape index (κ1) is 15.7. The van der Waals surface area contributed by atoms with Crippen LogP contribution in [0.2, 0.25) is 0 Å². The van der Waals surface area contributed by atoms with E-state index in [2.05, 4.69) is 10.6 Å². The molecule has 114 valence electrons. The third-order valence-electron chi connectivity index (χ3n) is 3.03. The Balaban J connectivity index is 1.96. The van der Waals surface area contributed by atoms with Gasteiger partial charge in [0.05, 0.1) is 6.61 Å². The molecule has 2 rings (SSSR count). The average Bonchev–Trinajstić information content (AvgIpc) is 2.56. The summed E-state index contributed by atoms with van der Waals surface area (Å²) in [7, 11) is 1.58. The van der Waals surface area contributed by atoms with Crippen LogP contribution in [0.4, 0.5) is 5.69 Å². The van der Waals surface area contributed by atoms with Crippen LogP contribution in [-0.2, 0) is 4.74 Å². The Morgan fingerprint density at radius 2 is 1.50 bits per heavy atom. The minimum Gasteiger partial charge on any atom is -0.383 e. The second kappa shape index (κ2) is 7.95. The second-order valence-electron chi connectivity index (χ2n) is 4.65. The Morgan fingerprint density at radius 1 is 0.909 bits per heavy atom. The molecule has 2 N–H and O–H groups in total. The van der Waals surface area contributed by atoms with Crippen LogP contribution >= 0.6 is 0 Å². The molecule has 0 aliphatic heterocycles. The van der Waals surface area contributed by atoms with E-state index in [-0.39, 0.29) is 11.8 Å². The summed E-state index contributed by atoms with van der Waals surface area (Å²) in [6.07, 6.45) is 0. The number of methoxy groups -OCH3 is 1. The van der Waals surface area contributed by atoms with Gasteiger partial charge in [-0.15, -0.1) is 0 Å². The summed E-state index contributed by atoms with van der Waals surface area (Å²) < 4.78 is 4.87. The summed E-state index contributed by atoms with van der Waals surface area (Å²) in [5, 5.41) is 5.52. The number of anilines is 1. The number of hydrogen-bond acceptors (Lipinski definition) is 3. The molecule has 2 amide bonds. The average molecular weight is 298 g/mol. The van der Waals surface area contributed by atoms with Gasteiger partial charge in [0, 0.05) is 30.5 Å². The van der Waals surface area contributed by atoms with Crippen molar-refractivity contribution in [2.75, 3.05) is 25.6 Å². The monoisotopic (exact) mass is 298 g/mol. The highest BCUT2D eigenvalue weighted by Crippen LogP contribution is 2.10. The fraction of sp³-hybridized carbons (Fsp3) is 0.176. The Hall–Kier alpha value is -2.66. The fourth-order valence-corrected chi connectivity index (χ4v) is 1.87. The fourth-order valence-electron chi connectivity index (χ4n) is 1.87. The van der Waals surface area contributed by atoms with Gasteiger partial charge < -0.3 is 15.4 Å². The lowest BCUT2D eigenvalue weighted by atomic mass is 10.1. The van der Waals surface area contributed by atoms with Gasteiger partial charge >= 0.3 is 0 Å². The van der Waals surface area contributed by atoms with Gasteiger partial charge in [-0.05, 0) is 36.4 Å². The molecule has 0 aromatic heterocycles. The molecule has 5 heteroatoms. The number of nitrogens with one attached hydrogen (secondary N) is 2. The van der Waals surface area contributed by atoms with Gasteiger partial charge in [0.15, 0.2) is 0 Å². The van der Waals surface area contributed by atoms with Crippen LogP contribution < -0.4 is 10.6 Å². The van der Waals surface area contributed by atoms with E-state index in [0.29, 0.717) is 24.3 Å². The number of hydrogen-bond donors (Lipinski definition) is 2. The van der Waals surface area contributed by atoms with Crippen molar-refractivity contribution in [2.45, 2.75) is 0 Å². The number of ether oxygens (including phenoxy) is 1. The minimum atomic E-state index is -0.211. The molecule has 0 unspecified atom stereocenters. The van der Waals surface area contributed by atoms with Crippen molar-refractivity contribution < 1.29 is 14.3 Å². The molecule has 2 aromatic rings. The lowest BCUT2D eigenvalue weighted by Gasteiger charge is -2.07. The predicted octanol–water partition coefficient (Wildman–Crippen LogP) is 2.32. The van der Waals surface area contributed by atoms with Crippen molar-refractivity contribution >= 4 is 17.5 Å². The second-order valence-corrected chi connectivity index (χ2v) is 4.65. The van der Waals surface area contributed by atoms with E-state index < -0.39 is 0 Å². The maximum absolute atomic E-state index is 12.1. The highest BCUT2D eigenvalue weighted by Gasteiger charge is 2.08. The molecule has 22 heavy (non-hydrogen) atoms. The lowest BCUT2D eigenvalue weighted by Crippen LogP contribution is -2.26. The van der Waals surface area contributed by atoms with Crippen molar-refractivity contribution in [3.63, 3.8) is 0 Å². The molecule has 0 aliphatic rings. The summed E-state index contributed by atoms with van der Waals surface area (Å²) in [5.74, 6) is -0.399. The lowest BCUT2D eigenvalue weighted by molar-refractivity contribution is 0.0935. The van der Waals surface area contributed by atoms with Crippen LogP contribution in [0.3, 0.4) is 0 Å². The number of para-hydroxylation sites is 1. The summed E-state index contributed by atoms with van der Waals surface area (Å²) in [5.41, 5.74) is 1.73. The van der Waals surface area contributed by atoms with Gasteiger partial charge in [-0.3, -0.25) is 9.59 Å². The molecule has 0 saturated carbocycles. The van der Waals surface area contributed by atoms with Crippen LogP contribution in [-0.4, -0.2) is 32.1 Å². The summed E-state index contributed by atoms with van der Waals surface area (Å²) in [6.45, 7) is 0.912. The van der Waals surface area contributed by atoms with Crippen LogP contribution in [0.1, 0.15) is 20.7 Å². The normalized spacial score (nSPS) is 10.0. The Morgan fingerprint density at radius 3 is 2.09 bits per heavy atom. The largest absolute Gasteiger partial charge is 0.383 e. The molecular weight excluding hydrogens is 280 g/mol. The predicted molar refractivity (Wildman–Crippen MR) is 85.0 cm³/mol. The Kier molecular flexibility index (Phi) is 5.68. The molecule has 2 aromatic carbocycles. The summed E-state index contributed by atoms with van der Waals surface area (Å²) in [6, 6.07) is 15.7. The highest BCUT2D eigenvalue weighted by molar-refractivity contribution is 6.05. The van der Waals surface area contributed by atoms with Crippen LogP contribution in [0.25, 0.3) is 0 Å². The van der Waals surface area contributed by atoms with Crippen molar-refractivity contribution in [1.29, 1.82) is 0 Å². The van der Waals surface area contributed by atoms with Crippen LogP contribution in [0, 0.1) is 0 Å². The van der Waals surface area contributed by atoms with Crippen molar-refractivity contribution in [3.8, 4) is 0 Å². The third-order valence-corrected chi connectivity index (χ3v) is 3.03. The van der Waals surface area contributed by atoms with E-state index in [0.717, 1.165) is 5.69 Å². The van der Waals surface area contributed by atoms with Gasteiger partial charge in [0.2, 0.25) is 0 Å². The first-order valence-electron chi connectivity index (χ1n) is 6.94. The van der Waals surface area contributed by atoms with Crippen molar-refractivity contribution in [3.05, 3.63) is 65.7 Å². The highest BCUT2D eigenvalue weighted by atomic mass is 16.5. The summed E-state index contributed by atoms with van der Waals surface area (Å²) in [4.78, 5) is 23.9. The SMILES string of the molecule is COCCNC(=O)c1ccc(C(=O)Nc2ccccc2)cc1. The third kappa shape index (κ3) is 4.43. The van der Waals surface area contributed by atoms with Crippen LogP contribution in [0.15, 0.2) is 54.6 Å². The van der Waals surface area contributed by atoms with E-state index in [1.54, 1.807) is 31.4 Å². The molecular formula is C17H18N2O3. The van der Waals surface area contributed by atoms with Gasteiger partial charge in [-0.2, -0.15) is 0 Å². The van der Waals surface area contributed by atoms with E-state index in [1.165, 1.54) is 0 Å². The molecule has 5 nitrogen and oxygen atoms in total. The number of carbonyl (C=O) groups excluding carboxylic acids is 2. The summed E-state index contributed by atoms with van der Waals surface area (Å²) >= 11 is 0. The molecule has 0 saturated heterocycles. The molecule has 0 fully saturated rings. The maximum atomic E-state index is 12.1. The zero-order valence-electron chi connectivity index (χ0n) is 12.3. The van der Waals surface area contributed by atoms with Crippen molar-refractivity contribution in [2.24, 2.45) is 0 Å². The van der Waals surface area contributed by atoms with Crippen LogP contribution in [0.5, 0.6) is 0 Å².